The van der Waals surface area contributed by atoms with Crippen LogP contribution >= 0.6 is 0 Å². The van der Waals surface area contributed by atoms with Crippen molar-refractivity contribution in [2.24, 2.45) is 0 Å². The molecule has 5 nitrogen and oxygen atoms in total. The molecule has 0 aliphatic carbocycles. The molecule has 0 aliphatic rings. The number of amides is 1. The lowest BCUT2D eigenvalue weighted by Gasteiger charge is -2.09. The maximum atomic E-state index is 11.6. The number of rotatable bonds is 4. The molecule has 0 unspecified atom stereocenters. The highest BCUT2D eigenvalue weighted by molar-refractivity contribution is 7.89. The van der Waals surface area contributed by atoms with E-state index in [4.69, 9.17) is 0 Å². The van der Waals surface area contributed by atoms with Crippen LogP contribution in [0.25, 0.3) is 0 Å². The Labute approximate surface area is 107 Å². The number of hydrogen-bond acceptors (Lipinski definition) is 3. The van der Waals surface area contributed by atoms with E-state index in [-0.39, 0.29) is 10.8 Å². The zero-order valence-electron chi connectivity index (χ0n) is 10.5. The molecule has 0 bridgehead atoms. The second-order valence-electron chi connectivity index (χ2n) is 3.67. The van der Waals surface area contributed by atoms with Crippen molar-refractivity contribution in [3.63, 3.8) is 0 Å². The number of hydrogen-bond donors (Lipinski definition) is 2. The van der Waals surface area contributed by atoms with Crippen LogP contribution < -0.4 is 10.0 Å². The van der Waals surface area contributed by atoms with Crippen LogP contribution in [0.15, 0.2) is 35.2 Å². The molecule has 0 heterocycles. The van der Waals surface area contributed by atoms with Gasteiger partial charge in [-0.2, -0.15) is 0 Å². The highest BCUT2D eigenvalue weighted by atomic mass is 32.2. The van der Waals surface area contributed by atoms with Crippen LogP contribution in [-0.4, -0.2) is 21.4 Å². The first-order chi connectivity index (χ1) is 8.40. The first kappa shape index (κ1) is 14.4. The summed E-state index contributed by atoms with van der Waals surface area (Å²) in [6, 6.07) is 4.57. The van der Waals surface area contributed by atoms with Gasteiger partial charge in [0, 0.05) is 5.69 Å². The smallest absolute Gasteiger partial charge is 0.248 e. The molecule has 1 amide bonds. The van der Waals surface area contributed by atoms with E-state index in [1.54, 1.807) is 26.0 Å². The minimum absolute atomic E-state index is 0.117. The highest BCUT2D eigenvalue weighted by Crippen LogP contribution is 2.20. The van der Waals surface area contributed by atoms with Crippen molar-refractivity contribution in [1.82, 2.24) is 4.72 Å². The summed E-state index contributed by atoms with van der Waals surface area (Å²) >= 11 is 0. The standard InChI is InChI=1S/C12H16N2O3S/c1-4-5-12(15)14-11-8-10(7-6-9(11)2)18(16,17)13-3/h4-8,13H,1-3H3,(H,14,15). The fourth-order valence-corrected chi connectivity index (χ4v) is 2.10. The topological polar surface area (TPSA) is 75.3 Å². The van der Waals surface area contributed by atoms with Crippen molar-refractivity contribution < 1.29 is 13.2 Å². The molecule has 1 aromatic carbocycles. The van der Waals surface area contributed by atoms with E-state index in [0.717, 1.165) is 5.56 Å². The molecule has 18 heavy (non-hydrogen) atoms. The fraction of sp³-hybridized carbons (Fsp3) is 0.250. The van der Waals surface area contributed by atoms with Gasteiger partial charge in [0.25, 0.3) is 0 Å². The van der Waals surface area contributed by atoms with Crippen molar-refractivity contribution in [2.45, 2.75) is 18.7 Å². The van der Waals surface area contributed by atoms with Crippen LogP contribution in [0.1, 0.15) is 12.5 Å². The van der Waals surface area contributed by atoms with E-state index in [0.29, 0.717) is 5.69 Å². The van der Waals surface area contributed by atoms with Crippen LogP contribution in [-0.2, 0) is 14.8 Å². The molecule has 2 N–H and O–H groups in total. The summed E-state index contributed by atoms with van der Waals surface area (Å²) in [4.78, 5) is 11.5. The van der Waals surface area contributed by atoms with Crippen molar-refractivity contribution in [2.75, 3.05) is 12.4 Å². The number of aryl methyl sites for hydroxylation is 1. The Morgan fingerprint density at radius 3 is 2.56 bits per heavy atom. The van der Waals surface area contributed by atoms with Crippen LogP contribution in [0.3, 0.4) is 0 Å². The summed E-state index contributed by atoms with van der Waals surface area (Å²) < 4.78 is 25.5. The van der Waals surface area contributed by atoms with E-state index >= 15 is 0 Å². The van der Waals surface area contributed by atoms with Gasteiger partial charge in [-0.3, -0.25) is 4.79 Å². The first-order valence-electron chi connectivity index (χ1n) is 5.38. The molecular formula is C12H16N2O3S. The molecular weight excluding hydrogens is 252 g/mol. The lowest BCUT2D eigenvalue weighted by atomic mass is 10.2. The molecule has 0 aliphatic heterocycles. The number of carbonyl (C=O) groups excluding carboxylic acids is 1. The number of benzene rings is 1. The zero-order valence-corrected chi connectivity index (χ0v) is 11.3. The van der Waals surface area contributed by atoms with Gasteiger partial charge < -0.3 is 5.32 Å². The maximum Gasteiger partial charge on any atom is 0.248 e. The fourth-order valence-electron chi connectivity index (χ4n) is 1.35. The highest BCUT2D eigenvalue weighted by Gasteiger charge is 2.13. The average molecular weight is 268 g/mol. The Bertz CT molecular complexity index is 577. The van der Waals surface area contributed by atoms with Crippen molar-refractivity contribution in [1.29, 1.82) is 0 Å². The molecule has 0 saturated carbocycles. The average Bonchev–Trinajstić information content (AvgIpc) is 2.32. The summed E-state index contributed by atoms with van der Waals surface area (Å²) in [7, 11) is -2.16. The van der Waals surface area contributed by atoms with E-state index in [2.05, 4.69) is 10.0 Å². The van der Waals surface area contributed by atoms with Gasteiger partial charge in [-0.25, -0.2) is 13.1 Å². The second kappa shape index (κ2) is 5.79. The first-order valence-corrected chi connectivity index (χ1v) is 6.87. The Balaban J connectivity index is 3.14. The van der Waals surface area contributed by atoms with Crippen LogP contribution in [0.5, 0.6) is 0 Å². The molecule has 0 spiro atoms. The molecule has 98 valence electrons. The van der Waals surface area contributed by atoms with Gasteiger partial charge in [0.15, 0.2) is 0 Å². The molecule has 0 radical (unpaired) electrons. The Morgan fingerprint density at radius 2 is 2.00 bits per heavy atom. The number of sulfonamides is 1. The molecule has 0 aromatic heterocycles. The maximum absolute atomic E-state index is 11.6. The van der Waals surface area contributed by atoms with Gasteiger partial charge in [-0.1, -0.05) is 12.1 Å². The number of anilines is 1. The minimum Gasteiger partial charge on any atom is -0.322 e. The molecule has 0 atom stereocenters. The monoisotopic (exact) mass is 268 g/mol. The van der Waals surface area contributed by atoms with E-state index in [9.17, 15) is 13.2 Å². The lowest BCUT2D eigenvalue weighted by molar-refractivity contribution is -0.111. The number of nitrogens with one attached hydrogen (secondary N) is 2. The summed E-state index contributed by atoms with van der Waals surface area (Å²) in [5.41, 5.74) is 1.28. The van der Waals surface area contributed by atoms with Crippen molar-refractivity contribution in [3.05, 3.63) is 35.9 Å². The third kappa shape index (κ3) is 3.41. The van der Waals surface area contributed by atoms with Gasteiger partial charge in [-0.05, 0) is 44.7 Å². The van der Waals surface area contributed by atoms with E-state index in [1.807, 2.05) is 0 Å². The predicted octanol–water partition coefficient (Wildman–Crippen LogP) is 1.42. The van der Waals surface area contributed by atoms with Crippen LogP contribution in [0.4, 0.5) is 5.69 Å². The van der Waals surface area contributed by atoms with Crippen LogP contribution in [0, 0.1) is 6.92 Å². The van der Waals surface area contributed by atoms with Crippen LogP contribution in [0.2, 0.25) is 0 Å². The zero-order chi connectivity index (χ0) is 13.8. The Morgan fingerprint density at radius 1 is 1.33 bits per heavy atom. The molecule has 1 aromatic rings. The Hall–Kier alpha value is -1.66. The minimum atomic E-state index is -3.50. The van der Waals surface area contributed by atoms with E-state index in [1.165, 1.54) is 25.3 Å². The molecule has 0 saturated heterocycles. The van der Waals surface area contributed by atoms with Gasteiger partial charge >= 0.3 is 0 Å². The predicted molar refractivity (Wildman–Crippen MR) is 70.9 cm³/mol. The summed E-state index contributed by atoms with van der Waals surface area (Å²) in [6.45, 7) is 3.52. The Kier molecular flexibility index (Phi) is 4.63. The third-order valence-electron chi connectivity index (χ3n) is 2.36. The third-order valence-corrected chi connectivity index (χ3v) is 3.78. The van der Waals surface area contributed by atoms with Crippen molar-refractivity contribution >= 4 is 21.6 Å². The van der Waals surface area contributed by atoms with Gasteiger partial charge in [0.05, 0.1) is 4.90 Å². The summed E-state index contributed by atoms with van der Waals surface area (Å²) in [6.07, 6.45) is 2.98. The normalized spacial score (nSPS) is 11.7. The number of allylic oxidation sites excluding steroid dienone is 1. The lowest BCUT2D eigenvalue weighted by Crippen LogP contribution is -2.19. The SMILES string of the molecule is CC=CC(=O)Nc1cc(S(=O)(=O)NC)ccc1C. The van der Waals surface area contributed by atoms with Gasteiger partial charge in [0.1, 0.15) is 0 Å². The second-order valence-corrected chi connectivity index (χ2v) is 5.56. The molecule has 6 heteroatoms. The van der Waals surface area contributed by atoms with E-state index < -0.39 is 10.0 Å². The summed E-state index contributed by atoms with van der Waals surface area (Å²) in [5, 5.41) is 2.63. The quantitative estimate of drug-likeness (QED) is 0.811. The van der Waals surface area contributed by atoms with Gasteiger partial charge in [0.2, 0.25) is 15.9 Å². The van der Waals surface area contributed by atoms with Crippen molar-refractivity contribution in [3.8, 4) is 0 Å². The van der Waals surface area contributed by atoms with Gasteiger partial charge in [-0.15, -0.1) is 0 Å². The molecule has 1 rings (SSSR count). The molecule has 0 fully saturated rings. The largest absolute Gasteiger partial charge is 0.322 e. The number of carbonyl (C=O) groups is 1. The summed E-state index contributed by atoms with van der Waals surface area (Å²) in [5.74, 6) is -0.292.